The number of benzene rings is 3. The average molecular weight is 499 g/mol. The number of carbonyl (C=O) groups excluding carboxylic acids is 2. The fraction of sp³-hybridized carbons (Fsp3) is 0.167. The zero-order valence-electron chi connectivity index (χ0n) is 17.2. The Morgan fingerprint density at radius 2 is 1.68 bits per heavy atom. The normalized spacial score (nSPS) is 11.5. The lowest BCUT2D eigenvalue weighted by atomic mass is 10.2. The molecule has 5 nitrogen and oxygen atoms in total. The Morgan fingerprint density at radius 1 is 0.968 bits per heavy atom. The van der Waals surface area contributed by atoms with Crippen molar-refractivity contribution >= 4 is 50.9 Å². The molecule has 0 aliphatic heterocycles. The van der Waals surface area contributed by atoms with E-state index in [1.165, 1.54) is 11.8 Å². The van der Waals surface area contributed by atoms with Crippen LogP contribution in [0.15, 0.2) is 82.2 Å². The topological polar surface area (TPSA) is 67.4 Å². The van der Waals surface area contributed by atoms with Crippen LogP contribution in [-0.4, -0.2) is 24.2 Å². The first-order chi connectivity index (χ1) is 15.0. The molecule has 0 saturated carbocycles. The summed E-state index contributed by atoms with van der Waals surface area (Å²) in [6.45, 7) is 1.98. The summed E-state index contributed by atoms with van der Waals surface area (Å²) in [6, 6.07) is 21.9. The van der Waals surface area contributed by atoms with Gasteiger partial charge in [0.1, 0.15) is 5.75 Å². The first kappa shape index (κ1) is 22.9. The summed E-state index contributed by atoms with van der Waals surface area (Å²) in [5.74, 6) is 0.439. The molecule has 31 heavy (non-hydrogen) atoms. The lowest BCUT2D eigenvalue weighted by molar-refractivity contribution is -0.115. The number of hydrogen-bond donors (Lipinski definition) is 2. The second-order valence-corrected chi connectivity index (χ2v) is 8.91. The third-order valence-corrected chi connectivity index (χ3v) is 6.38. The van der Waals surface area contributed by atoms with E-state index >= 15 is 0 Å². The number of ether oxygens (including phenoxy) is 1. The van der Waals surface area contributed by atoms with Crippen LogP contribution in [0.2, 0.25) is 0 Å². The molecule has 3 aromatic carbocycles. The second kappa shape index (κ2) is 11.0. The smallest absolute Gasteiger partial charge is 0.255 e. The van der Waals surface area contributed by atoms with Crippen molar-refractivity contribution in [1.82, 2.24) is 0 Å². The first-order valence-corrected chi connectivity index (χ1v) is 11.4. The van der Waals surface area contributed by atoms with E-state index in [2.05, 4.69) is 26.6 Å². The van der Waals surface area contributed by atoms with Crippen LogP contribution in [-0.2, 0) is 4.79 Å². The zero-order chi connectivity index (χ0) is 22.2. The van der Waals surface area contributed by atoms with Crippen molar-refractivity contribution in [2.24, 2.45) is 0 Å². The third kappa shape index (κ3) is 6.60. The number of amides is 2. The van der Waals surface area contributed by atoms with Gasteiger partial charge in [0.05, 0.1) is 12.4 Å². The predicted octanol–water partition coefficient (Wildman–Crippen LogP) is 6.22. The summed E-state index contributed by atoms with van der Waals surface area (Å²) in [7, 11) is 1.58. The van der Waals surface area contributed by atoms with Gasteiger partial charge in [-0.25, -0.2) is 0 Å². The molecule has 2 amide bonds. The highest BCUT2D eigenvalue weighted by Gasteiger charge is 2.18. The maximum Gasteiger partial charge on any atom is 0.255 e. The van der Waals surface area contributed by atoms with Gasteiger partial charge in [-0.05, 0) is 73.2 Å². The highest BCUT2D eigenvalue weighted by atomic mass is 79.9. The highest BCUT2D eigenvalue weighted by Crippen LogP contribution is 2.29. The largest absolute Gasteiger partial charge is 0.497 e. The zero-order valence-corrected chi connectivity index (χ0v) is 19.6. The van der Waals surface area contributed by atoms with Crippen LogP contribution in [0.5, 0.6) is 5.75 Å². The number of methoxy groups -OCH3 is 1. The maximum absolute atomic E-state index is 12.7. The molecule has 1 unspecified atom stereocenters. The van der Waals surface area contributed by atoms with Crippen LogP contribution in [0.25, 0.3) is 0 Å². The monoisotopic (exact) mass is 498 g/mol. The van der Waals surface area contributed by atoms with Gasteiger partial charge in [0.15, 0.2) is 0 Å². The van der Waals surface area contributed by atoms with Crippen molar-refractivity contribution in [3.8, 4) is 5.75 Å². The Bertz CT molecular complexity index is 1040. The molecule has 1 atom stereocenters. The van der Waals surface area contributed by atoms with E-state index in [1.54, 1.807) is 31.4 Å². The average Bonchev–Trinajstić information content (AvgIpc) is 2.79. The lowest BCUT2D eigenvalue weighted by Gasteiger charge is -2.15. The summed E-state index contributed by atoms with van der Waals surface area (Å²) in [6.07, 6.45) is 0.676. The minimum Gasteiger partial charge on any atom is -0.497 e. The van der Waals surface area contributed by atoms with Crippen molar-refractivity contribution < 1.29 is 14.3 Å². The van der Waals surface area contributed by atoms with Crippen molar-refractivity contribution in [1.29, 1.82) is 0 Å². The molecular weight excluding hydrogens is 476 g/mol. The number of rotatable bonds is 8. The molecule has 3 rings (SSSR count). The van der Waals surface area contributed by atoms with Crippen LogP contribution < -0.4 is 15.4 Å². The SMILES string of the molecule is CCC(Sc1cccc(NC(=O)c2ccc(OC)cc2)c1)C(=O)Nc1ccc(Br)cc1. The molecular formula is C24H23BrN2O3S. The van der Waals surface area contributed by atoms with Gasteiger partial charge in [0.25, 0.3) is 5.91 Å². The Hall–Kier alpha value is -2.77. The van der Waals surface area contributed by atoms with E-state index in [4.69, 9.17) is 4.74 Å². The van der Waals surface area contributed by atoms with Crippen LogP contribution in [0, 0.1) is 0 Å². The number of nitrogens with one attached hydrogen (secondary N) is 2. The van der Waals surface area contributed by atoms with Crippen LogP contribution in [0.3, 0.4) is 0 Å². The van der Waals surface area contributed by atoms with Gasteiger partial charge in [-0.1, -0.05) is 28.9 Å². The van der Waals surface area contributed by atoms with Crippen molar-refractivity contribution in [2.75, 3.05) is 17.7 Å². The van der Waals surface area contributed by atoms with Gasteiger partial charge in [-0.2, -0.15) is 0 Å². The number of hydrogen-bond acceptors (Lipinski definition) is 4. The Morgan fingerprint density at radius 3 is 2.32 bits per heavy atom. The molecule has 0 aromatic heterocycles. The Kier molecular flexibility index (Phi) is 8.14. The lowest BCUT2D eigenvalue weighted by Crippen LogP contribution is -2.24. The third-order valence-electron chi connectivity index (χ3n) is 4.50. The summed E-state index contributed by atoms with van der Waals surface area (Å²) in [4.78, 5) is 26.1. The van der Waals surface area contributed by atoms with E-state index in [0.717, 1.165) is 15.1 Å². The Balaban J connectivity index is 1.64. The minimum absolute atomic E-state index is 0.0532. The van der Waals surface area contributed by atoms with Gasteiger partial charge in [0, 0.05) is 26.3 Å². The van der Waals surface area contributed by atoms with E-state index < -0.39 is 0 Å². The Labute approximate surface area is 194 Å². The fourth-order valence-electron chi connectivity index (χ4n) is 2.84. The summed E-state index contributed by atoms with van der Waals surface area (Å²) in [5, 5.41) is 5.61. The van der Waals surface area contributed by atoms with Gasteiger partial charge >= 0.3 is 0 Å². The fourth-order valence-corrected chi connectivity index (χ4v) is 4.11. The molecule has 2 N–H and O–H groups in total. The number of anilines is 2. The second-order valence-electron chi connectivity index (χ2n) is 6.72. The summed E-state index contributed by atoms with van der Waals surface area (Å²) in [5.41, 5.74) is 1.97. The van der Waals surface area contributed by atoms with E-state index in [1.807, 2.05) is 55.5 Å². The molecule has 0 aliphatic carbocycles. The van der Waals surface area contributed by atoms with Crippen molar-refractivity contribution in [2.45, 2.75) is 23.5 Å². The molecule has 0 aliphatic rings. The van der Waals surface area contributed by atoms with E-state index in [9.17, 15) is 9.59 Å². The number of carbonyl (C=O) groups is 2. The maximum atomic E-state index is 12.7. The number of thioether (sulfide) groups is 1. The van der Waals surface area contributed by atoms with Crippen LogP contribution in [0.1, 0.15) is 23.7 Å². The minimum atomic E-state index is -0.254. The quantitative estimate of drug-likeness (QED) is 0.361. The highest BCUT2D eigenvalue weighted by molar-refractivity contribution is 9.10. The molecule has 160 valence electrons. The van der Waals surface area contributed by atoms with Crippen molar-refractivity contribution in [3.05, 3.63) is 82.8 Å². The van der Waals surface area contributed by atoms with Crippen LogP contribution in [0.4, 0.5) is 11.4 Å². The van der Waals surface area contributed by atoms with Crippen LogP contribution >= 0.6 is 27.7 Å². The molecule has 0 bridgehead atoms. The summed E-state index contributed by atoms with van der Waals surface area (Å²) >= 11 is 4.86. The molecule has 0 saturated heterocycles. The molecule has 0 spiro atoms. The predicted molar refractivity (Wildman–Crippen MR) is 130 cm³/mol. The van der Waals surface area contributed by atoms with E-state index in [-0.39, 0.29) is 17.1 Å². The molecule has 0 heterocycles. The van der Waals surface area contributed by atoms with E-state index in [0.29, 0.717) is 23.4 Å². The molecule has 0 radical (unpaired) electrons. The van der Waals surface area contributed by atoms with Gasteiger partial charge in [0.2, 0.25) is 5.91 Å². The first-order valence-electron chi connectivity index (χ1n) is 9.77. The number of halogens is 1. The van der Waals surface area contributed by atoms with Gasteiger partial charge in [-0.15, -0.1) is 11.8 Å². The van der Waals surface area contributed by atoms with Crippen molar-refractivity contribution in [3.63, 3.8) is 0 Å². The van der Waals surface area contributed by atoms with Gasteiger partial charge < -0.3 is 15.4 Å². The summed E-state index contributed by atoms with van der Waals surface area (Å²) < 4.78 is 6.08. The van der Waals surface area contributed by atoms with Gasteiger partial charge in [-0.3, -0.25) is 9.59 Å². The molecule has 0 fully saturated rings. The molecule has 7 heteroatoms. The standard InChI is InChI=1S/C24H23BrN2O3S/c1-3-22(24(29)26-18-11-9-17(25)10-12-18)31-21-6-4-5-19(15-21)27-23(28)16-7-13-20(30-2)14-8-16/h4-15,22H,3H2,1-2H3,(H,26,29)(H,27,28). The molecule has 3 aromatic rings.